The number of rotatable bonds is 4. The predicted molar refractivity (Wildman–Crippen MR) is 85.9 cm³/mol. The van der Waals surface area contributed by atoms with Crippen LogP contribution in [-0.4, -0.2) is 11.9 Å². The maximum atomic E-state index is 13.1. The van der Waals surface area contributed by atoms with E-state index in [1.807, 2.05) is 29.2 Å². The van der Waals surface area contributed by atoms with Gasteiger partial charge in [-0.15, -0.1) is 0 Å². The van der Waals surface area contributed by atoms with Crippen LogP contribution in [0.4, 0.5) is 5.69 Å². The van der Waals surface area contributed by atoms with Gasteiger partial charge in [0.2, 0.25) is 5.91 Å². The van der Waals surface area contributed by atoms with Crippen LogP contribution < -0.4 is 10.6 Å². The van der Waals surface area contributed by atoms with Gasteiger partial charge in [-0.1, -0.05) is 39.8 Å². The summed E-state index contributed by atoms with van der Waals surface area (Å²) in [5, 5.41) is 0. The molecule has 114 valence electrons. The van der Waals surface area contributed by atoms with Crippen LogP contribution >= 0.6 is 0 Å². The Morgan fingerprint density at radius 2 is 1.67 bits per heavy atom. The molecule has 3 heteroatoms. The Kier molecular flexibility index (Phi) is 3.17. The normalized spacial score (nSPS) is 22.9. The molecule has 3 nitrogen and oxygen atoms in total. The molecule has 0 saturated heterocycles. The summed E-state index contributed by atoms with van der Waals surface area (Å²) in [7, 11) is 0. The van der Waals surface area contributed by atoms with E-state index in [9.17, 15) is 4.79 Å². The molecule has 1 aromatic rings. The molecule has 21 heavy (non-hydrogen) atoms. The molecule has 0 unspecified atom stereocenters. The first-order valence-electron chi connectivity index (χ1n) is 7.93. The third kappa shape index (κ3) is 2.18. The first kappa shape index (κ1) is 14.6. The number of hydrogen-bond donors (Lipinski definition) is 1. The number of hydrogen-bond acceptors (Lipinski definition) is 2. The molecule has 2 aliphatic carbocycles. The fourth-order valence-corrected chi connectivity index (χ4v) is 3.60. The van der Waals surface area contributed by atoms with Crippen LogP contribution in [0.25, 0.3) is 0 Å². The van der Waals surface area contributed by atoms with Crippen LogP contribution in [0.1, 0.15) is 46.1 Å². The van der Waals surface area contributed by atoms with Crippen LogP contribution in [0.15, 0.2) is 24.3 Å². The molecule has 1 aromatic carbocycles. The average molecular weight is 286 g/mol. The van der Waals surface area contributed by atoms with E-state index < -0.39 is 0 Å². The van der Waals surface area contributed by atoms with E-state index in [0.29, 0.717) is 18.5 Å². The van der Waals surface area contributed by atoms with Gasteiger partial charge >= 0.3 is 0 Å². The molecule has 2 fully saturated rings. The third-order valence-corrected chi connectivity index (χ3v) is 5.87. The first-order chi connectivity index (χ1) is 9.80. The Hall–Kier alpha value is -1.35. The van der Waals surface area contributed by atoms with Gasteiger partial charge in [-0.05, 0) is 41.4 Å². The molecule has 0 aromatic heterocycles. The van der Waals surface area contributed by atoms with Crippen molar-refractivity contribution in [2.75, 3.05) is 4.90 Å². The summed E-state index contributed by atoms with van der Waals surface area (Å²) < 4.78 is 0. The number of carbonyl (C=O) groups excluding carboxylic acids is 1. The summed E-state index contributed by atoms with van der Waals surface area (Å²) in [6.45, 7) is 9.37. The van der Waals surface area contributed by atoms with Gasteiger partial charge in [-0.3, -0.25) is 4.79 Å². The van der Waals surface area contributed by atoms with Crippen molar-refractivity contribution in [2.45, 2.75) is 53.1 Å². The van der Waals surface area contributed by atoms with Crippen molar-refractivity contribution in [1.82, 2.24) is 0 Å². The fourth-order valence-electron chi connectivity index (χ4n) is 3.60. The van der Waals surface area contributed by atoms with Gasteiger partial charge in [0.1, 0.15) is 0 Å². The van der Waals surface area contributed by atoms with E-state index in [1.54, 1.807) is 0 Å². The molecule has 3 rings (SSSR count). The monoisotopic (exact) mass is 286 g/mol. The van der Waals surface area contributed by atoms with Crippen molar-refractivity contribution in [3.05, 3.63) is 29.8 Å². The summed E-state index contributed by atoms with van der Waals surface area (Å²) in [6.07, 6.45) is 2.25. The molecule has 0 heterocycles. The van der Waals surface area contributed by atoms with E-state index in [0.717, 1.165) is 24.1 Å². The van der Waals surface area contributed by atoms with E-state index in [1.165, 1.54) is 0 Å². The fraction of sp³-hybridized carbons (Fsp3) is 0.611. The lowest BCUT2D eigenvalue weighted by molar-refractivity contribution is -0.121. The van der Waals surface area contributed by atoms with Gasteiger partial charge in [-0.2, -0.15) is 0 Å². The van der Waals surface area contributed by atoms with Crippen LogP contribution in [0, 0.1) is 16.7 Å². The van der Waals surface area contributed by atoms with Crippen molar-refractivity contribution >= 4 is 11.6 Å². The van der Waals surface area contributed by atoms with Crippen LogP contribution in [-0.2, 0) is 11.3 Å². The lowest BCUT2D eigenvalue weighted by atomic mass is 10.0. The minimum Gasteiger partial charge on any atom is -0.326 e. The highest BCUT2D eigenvalue weighted by molar-refractivity contribution is 5.99. The molecule has 0 radical (unpaired) electrons. The molecule has 0 bridgehead atoms. The van der Waals surface area contributed by atoms with Gasteiger partial charge in [0.15, 0.2) is 0 Å². The second-order valence-corrected chi connectivity index (χ2v) is 7.69. The van der Waals surface area contributed by atoms with Crippen molar-refractivity contribution in [1.29, 1.82) is 0 Å². The maximum absolute atomic E-state index is 13.1. The molecule has 1 amide bonds. The topological polar surface area (TPSA) is 46.3 Å². The zero-order valence-electron chi connectivity index (χ0n) is 13.5. The summed E-state index contributed by atoms with van der Waals surface area (Å²) >= 11 is 0. The van der Waals surface area contributed by atoms with Gasteiger partial charge < -0.3 is 10.6 Å². The number of nitrogens with zero attached hydrogens (tertiary/aromatic N) is 1. The zero-order chi connectivity index (χ0) is 15.4. The van der Waals surface area contributed by atoms with Crippen molar-refractivity contribution in [2.24, 2.45) is 22.5 Å². The summed E-state index contributed by atoms with van der Waals surface area (Å²) in [4.78, 5) is 15.1. The highest BCUT2D eigenvalue weighted by atomic mass is 16.2. The first-order valence-corrected chi connectivity index (χ1v) is 7.93. The second-order valence-electron chi connectivity index (χ2n) is 7.69. The minimum atomic E-state index is 0.0917. The summed E-state index contributed by atoms with van der Waals surface area (Å²) in [6, 6.07) is 8.54. The summed E-state index contributed by atoms with van der Waals surface area (Å²) in [5.74, 6) is 0.424. The largest absolute Gasteiger partial charge is 0.326 e. The Morgan fingerprint density at radius 1 is 1.14 bits per heavy atom. The highest BCUT2D eigenvalue weighted by Gasteiger charge is 2.69. The van der Waals surface area contributed by atoms with E-state index in [-0.39, 0.29) is 16.7 Å². The Balaban J connectivity index is 1.87. The van der Waals surface area contributed by atoms with E-state index >= 15 is 0 Å². The molecular weight excluding hydrogens is 260 g/mol. The van der Waals surface area contributed by atoms with Gasteiger partial charge in [0.25, 0.3) is 0 Å². The van der Waals surface area contributed by atoms with Crippen molar-refractivity contribution < 1.29 is 4.79 Å². The third-order valence-electron chi connectivity index (χ3n) is 5.87. The molecule has 2 saturated carbocycles. The van der Waals surface area contributed by atoms with Gasteiger partial charge in [0.05, 0.1) is 0 Å². The lowest BCUT2D eigenvalue weighted by Gasteiger charge is -2.24. The van der Waals surface area contributed by atoms with Gasteiger partial charge in [-0.25, -0.2) is 0 Å². The quantitative estimate of drug-likeness (QED) is 0.923. The number of benzene rings is 1. The average Bonchev–Trinajstić information content (AvgIpc) is 3.30. The highest BCUT2D eigenvalue weighted by Crippen LogP contribution is 2.69. The van der Waals surface area contributed by atoms with Gasteiger partial charge in [0, 0.05) is 24.2 Å². The van der Waals surface area contributed by atoms with Crippen LogP contribution in [0.5, 0.6) is 0 Å². The van der Waals surface area contributed by atoms with Crippen molar-refractivity contribution in [3.63, 3.8) is 0 Å². The molecule has 2 aliphatic rings. The predicted octanol–water partition coefficient (Wildman–Crippen LogP) is 3.32. The maximum Gasteiger partial charge on any atom is 0.231 e. The minimum absolute atomic E-state index is 0.0917. The molecule has 2 N–H and O–H groups in total. The molecule has 0 atom stereocenters. The van der Waals surface area contributed by atoms with Crippen molar-refractivity contribution in [3.8, 4) is 0 Å². The number of carbonyl (C=O) groups is 1. The molecule has 0 aliphatic heterocycles. The SMILES string of the molecule is CC1(C)C(C(=O)N(c2ccc(CN)cc2)C2CC2)C1(C)C. The van der Waals surface area contributed by atoms with E-state index in [2.05, 4.69) is 27.7 Å². The number of anilines is 1. The second kappa shape index (κ2) is 4.57. The van der Waals surface area contributed by atoms with Crippen LogP contribution in [0.3, 0.4) is 0 Å². The standard InChI is InChI=1S/C18H26N2O/c1-17(2)15(18(17,3)4)16(21)20(14-9-10-14)13-7-5-12(11-19)6-8-13/h5-8,14-15H,9-11,19H2,1-4H3. The Morgan fingerprint density at radius 3 is 2.05 bits per heavy atom. The summed E-state index contributed by atoms with van der Waals surface area (Å²) in [5.41, 5.74) is 7.97. The number of nitrogens with two attached hydrogens (primary N) is 1. The Bertz CT molecular complexity index is 541. The molecule has 0 spiro atoms. The lowest BCUT2D eigenvalue weighted by Crippen LogP contribution is -2.36. The zero-order valence-corrected chi connectivity index (χ0v) is 13.5. The van der Waals surface area contributed by atoms with E-state index in [4.69, 9.17) is 5.73 Å². The van der Waals surface area contributed by atoms with Crippen LogP contribution in [0.2, 0.25) is 0 Å². The number of amides is 1. The Labute approximate surface area is 127 Å². The smallest absolute Gasteiger partial charge is 0.231 e. The molecular formula is C18H26N2O.